The van der Waals surface area contributed by atoms with Crippen LogP contribution in [0.3, 0.4) is 0 Å². The Labute approximate surface area is 144 Å². The summed E-state index contributed by atoms with van der Waals surface area (Å²) in [4.78, 5) is 18.8. The third kappa shape index (κ3) is 4.60. The number of imidazole rings is 1. The maximum absolute atomic E-state index is 12.4. The number of nitrogens with one attached hydrogen (secondary N) is 1. The van der Waals surface area contributed by atoms with Gasteiger partial charge in [-0.25, -0.2) is 4.98 Å². The van der Waals surface area contributed by atoms with Crippen molar-refractivity contribution in [3.63, 3.8) is 0 Å². The summed E-state index contributed by atoms with van der Waals surface area (Å²) < 4.78 is 1.96. The molecule has 1 aromatic carbocycles. The van der Waals surface area contributed by atoms with Crippen LogP contribution in [0.15, 0.2) is 36.7 Å². The zero-order chi connectivity index (χ0) is 17.7. The maximum atomic E-state index is 12.4. The molecule has 1 amide bonds. The average molecular weight is 328 g/mol. The Hall–Kier alpha value is -2.30. The standard InChI is InChI=1S/C19H28N4O/c1-14(2)18(19-20-12-13-23(19)5)21-17(24)11-8-15-6-9-16(10-7-15)22(3)4/h6-7,9-10,12-14,18H,8,11H2,1-5H3,(H,21,24)/t18-/m0/s1. The number of benzene rings is 1. The molecule has 24 heavy (non-hydrogen) atoms. The van der Waals surface area contributed by atoms with E-state index in [-0.39, 0.29) is 17.9 Å². The number of aromatic nitrogens is 2. The minimum Gasteiger partial charge on any atom is -0.378 e. The minimum atomic E-state index is -0.0615. The van der Waals surface area contributed by atoms with E-state index in [2.05, 4.69) is 53.3 Å². The minimum absolute atomic E-state index is 0.0615. The lowest BCUT2D eigenvalue weighted by Gasteiger charge is -2.22. The van der Waals surface area contributed by atoms with Gasteiger partial charge in [-0.2, -0.15) is 0 Å². The maximum Gasteiger partial charge on any atom is 0.220 e. The largest absolute Gasteiger partial charge is 0.378 e. The molecule has 0 radical (unpaired) electrons. The Kier molecular flexibility index (Phi) is 6.01. The molecule has 1 aromatic heterocycles. The van der Waals surface area contributed by atoms with Crippen molar-refractivity contribution in [1.29, 1.82) is 0 Å². The van der Waals surface area contributed by atoms with Gasteiger partial charge in [0.15, 0.2) is 0 Å². The number of amides is 1. The number of carbonyl (C=O) groups excluding carboxylic acids is 1. The molecule has 0 saturated carbocycles. The van der Waals surface area contributed by atoms with E-state index in [0.29, 0.717) is 6.42 Å². The van der Waals surface area contributed by atoms with Gasteiger partial charge in [-0.3, -0.25) is 4.79 Å². The molecule has 0 aliphatic carbocycles. The number of rotatable bonds is 7. The molecule has 5 nitrogen and oxygen atoms in total. The topological polar surface area (TPSA) is 50.2 Å². The molecule has 0 saturated heterocycles. The normalized spacial score (nSPS) is 12.2. The van der Waals surface area contributed by atoms with E-state index in [0.717, 1.165) is 17.9 Å². The van der Waals surface area contributed by atoms with Crippen molar-refractivity contribution < 1.29 is 4.79 Å². The molecule has 0 spiro atoms. The molecule has 1 atom stereocenters. The van der Waals surface area contributed by atoms with Crippen molar-refractivity contribution in [3.05, 3.63) is 48.0 Å². The Balaban J connectivity index is 1.93. The SMILES string of the molecule is CC(C)[C@H](NC(=O)CCc1ccc(N(C)C)cc1)c1nccn1C. The second-order valence-electron chi connectivity index (χ2n) is 6.75. The van der Waals surface area contributed by atoms with Crippen LogP contribution in [0.5, 0.6) is 0 Å². The second-order valence-corrected chi connectivity index (χ2v) is 6.75. The lowest BCUT2D eigenvalue weighted by Crippen LogP contribution is -2.33. The number of nitrogens with zero attached hydrogens (tertiary/aromatic N) is 3. The molecule has 0 fully saturated rings. The third-order valence-electron chi connectivity index (χ3n) is 4.21. The Morgan fingerprint density at radius 3 is 2.42 bits per heavy atom. The fraction of sp³-hybridized carbons (Fsp3) is 0.474. The Morgan fingerprint density at radius 2 is 1.92 bits per heavy atom. The highest BCUT2D eigenvalue weighted by atomic mass is 16.1. The monoisotopic (exact) mass is 328 g/mol. The molecular weight excluding hydrogens is 300 g/mol. The van der Waals surface area contributed by atoms with Crippen LogP contribution in [-0.2, 0) is 18.3 Å². The van der Waals surface area contributed by atoms with Crippen LogP contribution in [0.1, 0.15) is 37.7 Å². The molecule has 0 aliphatic heterocycles. The molecule has 5 heteroatoms. The predicted octanol–water partition coefficient (Wildman–Crippen LogP) is 2.93. The van der Waals surface area contributed by atoms with Gasteiger partial charge < -0.3 is 14.8 Å². The van der Waals surface area contributed by atoms with Gasteiger partial charge in [0.05, 0.1) is 6.04 Å². The van der Waals surface area contributed by atoms with Gasteiger partial charge in [0, 0.05) is 45.6 Å². The summed E-state index contributed by atoms with van der Waals surface area (Å²) in [6.07, 6.45) is 4.90. The fourth-order valence-electron chi connectivity index (χ4n) is 2.67. The van der Waals surface area contributed by atoms with Gasteiger partial charge in [0.25, 0.3) is 0 Å². The van der Waals surface area contributed by atoms with E-state index >= 15 is 0 Å². The number of anilines is 1. The molecular formula is C19H28N4O. The van der Waals surface area contributed by atoms with Crippen LogP contribution >= 0.6 is 0 Å². The van der Waals surface area contributed by atoms with E-state index in [9.17, 15) is 4.79 Å². The first-order valence-electron chi connectivity index (χ1n) is 8.41. The average Bonchev–Trinajstić information content (AvgIpc) is 2.96. The molecule has 1 heterocycles. The van der Waals surface area contributed by atoms with Crippen LogP contribution < -0.4 is 10.2 Å². The predicted molar refractivity (Wildman–Crippen MR) is 98.0 cm³/mol. The first-order chi connectivity index (χ1) is 11.4. The van der Waals surface area contributed by atoms with Gasteiger partial charge in [-0.1, -0.05) is 26.0 Å². The van der Waals surface area contributed by atoms with Crippen molar-refractivity contribution in [1.82, 2.24) is 14.9 Å². The molecule has 2 aromatic rings. The fourth-order valence-corrected chi connectivity index (χ4v) is 2.67. The van der Waals surface area contributed by atoms with Gasteiger partial charge in [-0.05, 0) is 30.0 Å². The van der Waals surface area contributed by atoms with Gasteiger partial charge in [-0.15, -0.1) is 0 Å². The lowest BCUT2D eigenvalue weighted by atomic mass is 10.0. The highest BCUT2D eigenvalue weighted by Gasteiger charge is 2.21. The number of carbonyl (C=O) groups is 1. The van der Waals surface area contributed by atoms with Crippen molar-refractivity contribution >= 4 is 11.6 Å². The van der Waals surface area contributed by atoms with E-state index in [1.54, 1.807) is 6.20 Å². The number of aryl methyl sites for hydroxylation is 2. The molecule has 130 valence electrons. The third-order valence-corrected chi connectivity index (χ3v) is 4.21. The smallest absolute Gasteiger partial charge is 0.220 e. The number of hydrogen-bond acceptors (Lipinski definition) is 3. The lowest BCUT2D eigenvalue weighted by molar-refractivity contribution is -0.122. The van der Waals surface area contributed by atoms with E-state index in [1.165, 1.54) is 5.56 Å². The quantitative estimate of drug-likeness (QED) is 0.850. The highest BCUT2D eigenvalue weighted by Crippen LogP contribution is 2.20. The summed E-state index contributed by atoms with van der Waals surface area (Å²) in [6.45, 7) is 4.19. The summed E-state index contributed by atoms with van der Waals surface area (Å²) in [5.41, 5.74) is 2.34. The van der Waals surface area contributed by atoms with Crippen molar-refractivity contribution in [2.24, 2.45) is 13.0 Å². The summed E-state index contributed by atoms with van der Waals surface area (Å²) >= 11 is 0. The number of hydrogen-bond donors (Lipinski definition) is 1. The molecule has 0 bridgehead atoms. The van der Waals surface area contributed by atoms with Crippen molar-refractivity contribution in [2.75, 3.05) is 19.0 Å². The summed E-state index contributed by atoms with van der Waals surface area (Å²) in [7, 11) is 5.99. The van der Waals surface area contributed by atoms with Gasteiger partial charge >= 0.3 is 0 Å². The first kappa shape index (κ1) is 18.0. The van der Waals surface area contributed by atoms with Crippen LogP contribution in [0.4, 0.5) is 5.69 Å². The molecule has 2 rings (SSSR count). The van der Waals surface area contributed by atoms with E-state index < -0.39 is 0 Å². The van der Waals surface area contributed by atoms with Gasteiger partial charge in [0.2, 0.25) is 5.91 Å². The first-order valence-corrected chi connectivity index (χ1v) is 8.41. The van der Waals surface area contributed by atoms with Crippen LogP contribution in [-0.4, -0.2) is 29.6 Å². The summed E-state index contributed by atoms with van der Waals surface area (Å²) in [5, 5.41) is 3.13. The summed E-state index contributed by atoms with van der Waals surface area (Å²) in [5.74, 6) is 1.25. The zero-order valence-corrected chi connectivity index (χ0v) is 15.3. The second kappa shape index (κ2) is 7.99. The Morgan fingerprint density at radius 1 is 1.25 bits per heavy atom. The highest BCUT2D eigenvalue weighted by molar-refractivity contribution is 5.76. The van der Waals surface area contributed by atoms with E-state index in [4.69, 9.17) is 0 Å². The van der Waals surface area contributed by atoms with Crippen LogP contribution in [0.2, 0.25) is 0 Å². The van der Waals surface area contributed by atoms with Crippen LogP contribution in [0, 0.1) is 5.92 Å². The molecule has 1 N–H and O–H groups in total. The summed E-state index contributed by atoms with van der Waals surface area (Å²) in [6, 6.07) is 8.27. The van der Waals surface area contributed by atoms with Gasteiger partial charge in [0.1, 0.15) is 5.82 Å². The molecule has 0 aliphatic rings. The van der Waals surface area contributed by atoms with Crippen LogP contribution in [0.25, 0.3) is 0 Å². The van der Waals surface area contributed by atoms with E-state index in [1.807, 2.05) is 31.9 Å². The Bertz CT molecular complexity index is 658. The van der Waals surface area contributed by atoms with Crippen molar-refractivity contribution in [3.8, 4) is 0 Å². The molecule has 0 unspecified atom stereocenters. The zero-order valence-electron chi connectivity index (χ0n) is 15.3. The van der Waals surface area contributed by atoms with Crippen molar-refractivity contribution in [2.45, 2.75) is 32.7 Å².